The maximum Gasteiger partial charge on any atom is 0.335 e. The number of nitrogens with one attached hydrogen (secondary N) is 1. The molecule has 0 unspecified atom stereocenters. The molecule has 2 aromatic carbocycles. The smallest absolute Gasteiger partial charge is 0.335 e. The van der Waals surface area contributed by atoms with Crippen LogP contribution >= 0.6 is 11.6 Å². The summed E-state index contributed by atoms with van der Waals surface area (Å²) in [7, 11) is 0. The monoisotopic (exact) mass is 361 g/mol. The summed E-state index contributed by atoms with van der Waals surface area (Å²) in [5.41, 5.74) is 2.61. The number of carboxylic acid groups (broad SMARTS) is 1. The van der Waals surface area contributed by atoms with Gasteiger partial charge in [0.15, 0.2) is 6.61 Å². The van der Waals surface area contributed by atoms with Crippen molar-refractivity contribution in [3.05, 3.63) is 58.1 Å². The number of aryl methyl sites for hydroxylation is 1. The molecule has 25 heavy (non-hydrogen) atoms. The number of rotatable bonds is 6. The largest absolute Gasteiger partial charge is 0.484 e. The molecular weight excluding hydrogens is 342 g/mol. The minimum absolute atomic E-state index is 0.0421. The second-order valence-electron chi connectivity index (χ2n) is 6.01. The van der Waals surface area contributed by atoms with Gasteiger partial charge in [-0.1, -0.05) is 31.5 Å². The normalized spacial score (nSPS) is 10.6. The average Bonchev–Trinajstić information content (AvgIpc) is 2.54. The Kier molecular flexibility index (Phi) is 6.04. The van der Waals surface area contributed by atoms with E-state index in [4.69, 9.17) is 21.4 Å². The molecule has 2 aromatic rings. The Labute approximate surface area is 151 Å². The van der Waals surface area contributed by atoms with Crippen LogP contribution in [0.15, 0.2) is 36.4 Å². The van der Waals surface area contributed by atoms with Gasteiger partial charge in [-0.3, -0.25) is 4.79 Å². The Morgan fingerprint density at radius 3 is 2.52 bits per heavy atom. The molecule has 0 aliphatic rings. The fraction of sp³-hybridized carbons (Fsp3) is 0.263. The van der Waals surface area contributed by atoms with E-state index in [1.165, 1.54) is 23.8 Å². The standard InChI is InChI=1S/C19H20ClNO4/c1-11(2)15-6-5-14(8-12(15)3)25-10-18(22)21-17-9-13(19(23)24)4-7-16(17)20/h4-9,11H,10H2,1-3H3,(H,21,22)(H,23,24). The molecular formula is C19H20ClNO4. The van der Waals surface area contributed by atoms with E-state index in [2.05, 4.69) is 19.2 Å². The van der Waals surface area contributed by atoms with Gasteiger partial charge in [-0.15, -0.1) is 0 Å². The zero-order chi connectivity index (χ0) is 18.6. The van der Waals surface area contributed by atoms with Gasteiger partial charge >= 0.3 is 5.97 Å². The molecule has 2 N–H and O–H groups in total. The number of amides is 1. The van der Waals surface area contributed by atoms with E-state index in [0.717, 1.165) is 5.56 Å². The number of hydrogen-bond donors (Lipinski definition) is 2. The lowest BCUT2D eigenvalue weighted by Crippen LogP contribution is -2.20. The summed E-state index contributed by atoms with van der Waals surface area (Å²) in [5, 5.41) is 11.8. The van der Waals surface area contributed by atoms with Crippen molar-refractivity contribution in [2.24, 2.45) is 0 Å². The van der Waals surface area contributed by atoms with Gasteiger partial charge in [0.05, 0.1) is 16.3 Å². The highest BCUT2D eigenvalue weighted by Crippen LogP contribution is 2.24. The Morgan fingerprint density at radius 2 is 1.92 bits per heavy atom. The van der Waals surface area contributed by atoms with Crippen LogP contribution in [0.4, 0.5) is 5.69 Å². The quantitative estimate of drug-likeness (QED) is 0.795. The van der Waals surface area contributed by atoms with Crippen LogP contribution in [0.25, 0.3) is 0 Å². The van der Waals surface area contributed by atoms with Gasteiger partial charge in [0.1, 0.15) is 5.75 Å². The van der Waals surface area contributed by atoms with Crippen molar-refractivity contribution in [1.29, 1.82) is 0 Å². The number of carbonyl (C=O) groups excluding carboxylic acids is 1. The van der Waals surface area contributed by atoms with Crippen LogP contribution in [0.2, 0.25) is 5.02 Å². The summed E-state index contributed by atoms with van der Waals surface area (Å²) in [4.78, 5) is 23.0. The molecule has 0 atom stereocenters. The van der Waals surface area contributed by atoms with Gasteiger partial charge in [0.2, 0.25) is 0 Å². The number of benzene rings is 2. The highest BCUT2D eigenvalue weighted by atomic mass is 35.5. The number of carbonyl (C=O) groups is 2. The Morgan fingerprint density at radius 1 is 1.20 bits per heavy atom. The van der Waals surface area contributed by atoms with E-state index in [-0.39, 0.29) is 22.9 Å². The van der Waals surface area contributed by atoms with Crippen molar-refractivity contribution >= 4 is 29.2 Å². The number of halogens is 1. The number of aromatic carboxylic acids is 1. The second kappa shape index (κ2) is 8.03. The fourth-order valence-corrected chi connectivity index (χ4v) is 2.64. The van der Waals surface area contributed by atoms with Crippen molar-refractivity contribution in [3.63, 3.8) is 0 Å². The maximum absolute atomic E-state index is 12.0. The molecule has 0 heterocycles. The maximum atomic E-state index is 12.0. The molecule has 132 valence electrons. The molecule has 0 aromatic heterocycles. The summed E-state index contributed by atoms with van der Waals surface area (Å²) in [6.07, 6.45) is 0. The number of hydrogen-bond acceptors (Lipinski definition) is 3. The van der Waals surface area contributed by atoms with E-state index in [9.17, 15) is 9.59 Å². The molecule has 0 spiro atoms. The van der Waals surface area contributed by atoms with Gasteiger partial charge in [0.25, 0.3) is 5.91 Å². The minimum Gasteiger partial charge on any atom is -0.484 e. The third kappa shape index (κ3) is 4.97. The van der Waals surface area contributed by atoms with E-state index in [0.29, 0.717) is 11.7 Å². The van der Waals surface area contributed by atoms with Crippen LogP contribution in [0.3, 0.4) is 0 Å². The third-order valence-corrected chi connectivity index (χ3v) is 4.05. The summed E-state index contributed by atoms with van der Waals surface area (Å²) in [5.74, 6) is -0.498. The van der Waals surface area contributed by atoms with Crippen LogP contribution in [0.1, 0.15) is 41.3 Å². The fourth-order valence-electron chi connectivity index (χ4n) is 2.48. The van der Waals surface area contributed by atoms with Gasteiger partial charge in [-0.05, 0) is 54.3 Å². The first-order valence-electron chi connectivity index (χ1n) is 7.84. The first kappa shape index (κ1) is 18.8. The highest BCUT2D eigenvalue weighted by molar-refractivity contribution is 6.33. The molecule has 0 aliphatic carbocycles. The zero-order valence-corrected chi connectivity index (χ0v) is 15.1. The molecule has 0 aliphatic heterocycles. The molecule has 1 amide bonds. The van der Waals surface area contributed by atoms with E-state index < -0.39 is 11.9 Å². The molecule has 0 radical (unpaired) electrons. The predicted molar refractivity (Wildman–Crippen MR) is 97.8 cm³/mol. The molecule has 5 nitrogen and oxygen atoms in total. The van der Waals surface area contributed by atoms with Crippen molar-refractivity contribution in [1.82, 2.24) is 0 Å². The summed E-state index contributed by atoms with van der Waals surface area (Å²) in [6, 6.07) is 9.81. The van der Waals surface area contributed by atoms with Crippen LogP contribution in [-0.4, -0.2) is 23.6 Å². The lowest BCUT2D eigenvalue weighted by Gasteiger charge is -2.13. The van der Waals surface area contributed by atoms with Gasteiger partial charge in [-0.2, -0.15) is 0 Å². The molecule has 0 saturated heterocycles. The molecule has 0 fully saturated rings. The Hall–Kier alpha value is -2.53. The molecule has 6 heteroatoms. The van der Waals surface area contributed by atoms with Crippen LogP contribution in [0.5, 0.6) is 5.75 Å². The number of ether oxygens (including phenoxy) is 1. The third-order valence-electron chi connectivity index (χ3n) is 3.72. The van der Waals surface area contributed by atoms with Crippen molar-refractivity contribution in [2.75, 3.05) is 11.9 Å². The van der Waals surface area contributed by atoms with Gasteiger partial charge < -0.3 is 15.2 Å². The molecule has 0 bridgehead atoms. The second-order valence-corrected chi connectivity index (χ2v) is 6.42. The summed E-state index contributed by atoms with van der Waals surface area (Å²) >= 11 is 5.98. The lowest BCUT2D eigenvalue weighted by atomic mass is 9.98. The first-order chi connectivity index (χ1) is 11.8. The van der Waals surface area contributed by atoms with Crippen LogP contribution in [-0.2, 0) is 4.79 Å². The van der Waals surface area contributed by atoms with Gasteiger partial charge in [-0.25, -0.2) is 4.79 Å². The zero-order valence-electron chi connectivity index (χ0n) is 14.3. The lowest BCUT2D eigenvalue weighted by molar-refractivity contribution is -0.118. The Balaban J connectivity index is 2.01. The SMILES string of the molecule is Cc1cc(OCC(=O)Nc2cc(C(=O)O)ccc2Cl)ccc1C(C)C. The van der Waals surface area contributed by atoms with Crippen LogP contribution in [0, 0.1) is 6.92 Å². The minimum atomic E-state index is -1.09. The van der Waals surface area contributed by atoms with E-state index >= 15 is 0 Å². The topological polar surface area (TPSA) is 75.6 Å². The molecule has 2 rings (SSSR count). The number of carboxylic acids is 1. The molecule has 0 saturated carbocycles. The van der Waals surface area contributed by atoms with Crippen molar-refractivity contribution in [2.45, 2.75) is 26.7 Å². The van der Waals surface area contributed by atoms with Crippen molar-refractivity contribution < 1.29 is 19.4 Å². The highest BCUT2D eigenvalue weighted by Gasteiger charge is 2.11. The predicted octanol–water partition coefficient (Wildman–Crippen LogP) is 4.49. The van der Waals surface area contributed by atoms with E-state index in [1.54, 1.807) is 0 Å². The van der Waals surface area contributed by atoms with Gasteiger partial charge in [0, 0.05) is 0 Å². The van der Waals surface area contributed by atoms with Crippen LogP contribution < -0.4 is 10.1 Å². The average molecular weight is 362 g/mol. The Bertz CT molecular complexity index is 802. The first-order valence-corrected chi connectivity index (χ1v) is 8.21. The summed E-state index contributed by atoms with van der Waals surface area (Å²) < 4.78 is 5.50. The number of anilines is 1. The van der Waals surface area contributed by atoms with Crippen molar-refractivity contribution in [3.8, 4) is 5.75 Å². The van der Waals surface area contributed by atoms with E-state index in [1.807, 2.05) is 25.1 Å². The summed E-state index contributed by atoms with van der Waals surface area (Å²) in [6.45, 7) is 6.03.